The van der Waals surface area contributed by atoms with Crippen LogP contribution in [0.15, 0.2) is 12.1 Å². The molecular formula is C8H7ClFIO2. The lowest BCUT2D eigenvalue weighted by Crippen LogP contribution is -2.01. The molecule has 1 aromatic carbocycles. The molecule has 0 atom stereocenters. The summed E-state index contributed by atoms with van der Waals surface area (Å²) in [5.41, 5.74) is 0. The molecular weight excluding hydrogens is 309 g/mol. The number of rotatable bonds is 3. The molecule has 0 fully saturated rings. The molecule has 0 unspecified atom stereocenters. The average Bonchev–Trinajstić information content (AvgIpc) is 2.13. The highest BCUT2D eigenvalue weighted by Crippen LogP contribution is 2.28. The van der Waals surface area contributed by atoms with Crippen LogP contribution < -0.4 is 4.74 Å². The van der Waals surface area contributed by atoms with Crippen LogP contribution in [0, 0.1) is 9.39 Å². The highest BCUT2D eigenvalue weighted by Gasteiger charge is 2.10. The van der Waals surface area contributed by atoms with Crippen LogP contribution >= 0.6 is 34.2 Å². The van der Waals surface area contributed by atoms with Crippen LogP contribution in [0.5, 0.6) is 5.75 Å². The normalized spacial score (nSPS) is 10.2. The quantitative estimate of drug-likeness (QED) is 0.485. The van der Waals surface area contributed by atoms with Gasteiger partial charge in [-0.15, -0.1) is 0 Å². The highest BCUT2D eigenvalue weighted by atomic mass is 127. The Morgan fingerprint density at radius 3 is 2.85 bits per heavy atom. The van der Waals surface area contributed by atoms with E-state index in [1.807, 2.05) is 22.6 Å². The van der Waals surface area contributed by atoms with E-state index >= 15 is 0 Å². The van der Waals surface area contributed by atoms with Gasteiger partial charge in [-0.3, -0.25) is 0 Å². The van der Waals surface area contributed by atoms with Crippen molar-refractivity contribution < 1.29 is 13.9 Å². The van der Waals surface area contributed by atoms with E-state index in [0.29, 0.717) is 9.32 Å². The predicted octanol–water partition coefficient (Wildman–Crippen LogP) is 3.07. The van der Waals surface area contributed by atoms with Gasteiger partial charge in [-0.05, 0) is 34.7 Å². The Bertz CT molecular complexity index is 306. The first-order valence-corrected chi connectivity index (χ1v) is 4.87. The Morgan fingerprint density at radius 1 is 1.54 bits per heavy atom. The van der Waals surface area contributed by atoms with Crippen molar-refractivity contribution in [2.75, 3.05) is 13.9 Å². The van der Waals surface area contributed by atoms with Crippen LogP contribution in [0.4, 0.5) is 4.39 Å². The van der Waals surface area contributed by atoms with Crippen molar-refractivity contribution in [2.24, 2.45) is 0 Å². The van der Waals surface area contributed by atoms with Crippen molar-refractivity contribution in [3.63, 3.8) is 0 Å². The molecule has 0 radical (unpaired) electrons. The van der Waals surface area contributed by atoms with Crippen LogP contribution in [0.2, 0.25) is 5.02 Å². The van der Waals surface area contributed by atoms with E-state index in [-0.39, 0.29) is 11.8 Å². The number of benzene rings is 1. The van der Waals surface area contributed by atoms with Gasteiger partial charge >= 0.3 is 0 Å². The Hall–Kier alpha value is -0.0700. The van der Waals surface area contributed by atoms with Crippen LogP contribution in [0.25, 0.3) is 0 Å². The van der Waals surface area contributed by atoms with Gasteiger partial charge in [0.25, 0.3) is 0 Å². The molecule has 0 spiro atoms. The van der Waals surface area contributed by atoms with E-state index in [9.17, 15) is 4.39 Å². The lowest BCUT2D eigenvalue weighted by Gasteiger charge is -2.07. The summed E-state index contributed by atoms with van der Waals surface area (Å²) >= 11 is 7.38. The number of hydrogen-bond acceptors (Lipinski definition) is 2. The summed E-state index contributed by atoms with van der Waals surface area (Å²) in [4.78, 5) is 0. The van der Waals surface area contributed by atoms with Crippen molar-refractivity contribution >= 4 is 34.2 Å². The van der Waals surface area contributed by atoms with Gasteiger partial charge in [-0.1, -0.05) is 11.6 Å². The smallest absolute Gasteiger partial charge is 0.188 e. The summed E-state index contributed by atoms with van der Waals surface area (Å²) in [6, 6.07) is 3.05. The first-order valence-electron chi connectivity index (χ1n) is 3.42. The van der Waals surface area contributed by atoms with Crippen molar-refractivity contribution in [3.05, 3.63) is 26.5 Å². The monoisotopic (exact) mass is 316 g/mol. The first-order chi connectivity index (χ1) is 6.16. The maximum atomic E-state index is 13.2. The van der Waals surface area contributed by atoms with Crippen molar-refractivity contribution in [1.82, 2.24) is 0 Å². The van der Waals surface area contributed by atoms with Crippen LogP contribution in [0.1, 0.15) is 0 Å². The van der Waals surface area contributed by atoms with Gasteiger partial charge in [0.15, 0.2) is 12.6 Å². The summed E-state index contributed by atoms with van der Waals surface area (Å²) in [5, 5.41) is 0.0918. The van der Waals surface area contributed by atoms with Gasteiger partial charge in [0.2, 0.25) is 0 Å². The van der Waals surface area contributed by atoms with Gasteiger partial charge in [0.05, 0.1) is 8.59 Å². The van der Waals surface area contributed by atoms with E-state index in [1.54, 1.807) is 6.07 Å². The third-order valence-corrected chi connectivity index (χ3v) is 2.63. The van der Waals surface area contributed by atoms with Gasteiger partial charge in [0, 0.05) is 7.11 Å². The molecule has 0 saturated heterocycles. The molecule has 0 saturated carbocycles. The zero-order valence-electron chi connectivity index (χ0n) is 6.81. The predicted molar refractivity (Wildman–Crippen MR) is 56.6 cm³/mol. The van der Waals surface area contributed by atoms with Gasteiger partial charge in [0.1, 0.15) is 5.75 Å². The number of hydrogen-bond donors (Lipinski definition) is 0. The molecule has 0 N–H and O–H groups in total. The second-order valence-electron chi connectivity index (χ2n) is 2.22. The molecule has 0 aromatic heterocycles. The third-order valence-electron chi connectivity index (χ3n) is 1.33. The average molecular weight is 316 g/mol. The second-order valence-corrected chi connectivity index (χ2v) is 3.71. The van der Waals surface area contributed by atoms with Crippen LogP contribution in [-0.4, -0.2) is 13.9 Å². The van der Waals surface area contributed by atoms with E-state index in [1.165, 1.54) is 13.2 Å². The maximum absolute atomic E-state index is 13.2. The standard InChI is InChI=1S/C8H7ClFIO2/c1-12-4-13-6-3-2-5(9)7(10)8(6)11/h2-3H,4H2,1H3. The molecule has 0 bridgehead atoms. The number of ether oxygens (including phenoxy) is 2. The Morgan fingerprint density at radius 2 is 2.23 bits per heavy atom. The SMILES string of the molecule is COCOc1ccc(Cl)c(F)c1I. The minimum atomic E-state index is -0.462. The molecule has 0 aliphatic heterocycles. The van der Waals surface area contributed by atoms with Crippen LogP contribution in [-0.2, 0) is 4.74 Å². The molecule has 0 amide bonds. The van der Waals surface area contributed by atoms with E-state index in [4.69, 9.17) is 16.3 Å². The second kappa shape index (κ2) is 4.97. The van der Waals surface area contributed by atoms with E-state index in [2.05, 4.69) is 4.74 Å². The zero-order chi connectivity index (χ0) is 9.84. The summed E-state index contributed by atoms with van der Waals surface area (Å²) in [6.45, 7) is 0.0943. The molecule has 1 aromatic rings. The molecule has 5 heteroatoms. The van der Waals surface area contributed by atoms with E-state index < -0.39 is 5.82 Å². The molecule has 0 heterocycles. The highest BCUT2D eigenvalue weighted by molar-refractivity contribution is 14.1. The van der Waals surface area contributed by atoms with Gasteiger partial charge in [-0.2, -0.15) is 0 Å². The maximum Gasteiger partial charge on any atom is 0.188 e. The first kappa shape index (κ1) is 11.0. The molecule has 2 nitrogen and oxygen atoms in total. The van der Waals surface area contributed by atoms with Crippen molar-refractivity contribution in [1.29, 1.82) is 0 Å². The van der Waals surface area contributed by atoms with Gasteiger partial charge < -0.3 is 9.47 Å². The Labute approximate surface area is 94.1 Å². The zero-order valence-corrected chi connectivity index (χ0v) is 9.73. The lowest BCUT2D eigenvalue weighted by molar-refractivity contribution is 0.0502. The molecule has 0 aliphatic carbocycles. The fourth-order valence-corrected chi connectivity index (χ4v) is 1.69. The summed E-state index contributed by atoms with van der Waals surface area (Å²) in [7, 11) is 1.50. The van der Waals surface area contributed by atoms with Crippen molar-refractivity contribution in [2.45, 2.75) is 0 Å². The summed E-state index contributed by atoms with van der Waals surface area (Å²) in [5.74, 6) is -0.0276. The summed E-state index contributed by atoms with van der Waals surface area (Å²) in [6.07, 6.45) is 0. The van der Waals surface area contributed by atoms with Crippen molar-refractivity contribution in [3.8, 4) is 5.75 Å². The molecule has 72 valence electrons. The minimum absolute atomic E-state index is 0.0918. The topological polar surface area (TPSA) is 18.5 Å². The Kier molecular flexibility index (Phi) is 4.21. The third kappa shape index (κ3) is 2.69. The fourth-order valence-electron chi connectivity index (χ4n) is 0.742. The van der Waals surface area contributed by atoms with E-state index in [0.717, 1.165) is 0 Å². The molecule has 13 heavy (non-hydrogen) atoms. The largest absolute Gasteiger partial charge is 0.466 e. The summed E-state index contributed by atoms with van der Waals surface area (Å²) < 4.78 is 23.3. The number of methoxy groups -OCH3 is 1. The fraction of sp³-hybridized carbons (Fsp3) is 0.250. The van der Waals surface area contributed by atoms with Gasteiger partial charge in [-0.25, -0.2) is 4.39 Å². The Balaban J connectivity index is 2.90. The number of halogens is 3. The molecule has 0 aliphatic rings. The lowest BCUT2D eigenvalue weighted by atomic mass is 10.3. The molecule has 1 rings (SSSR count). The van der Waals surface area contributed by atoms with Crippen LogP contribution in [0.3, 0.4) is 0 Å². The minimum Gasteiger partial charge on any atom is -0.466 e.